The molecule has 1 saturated heterocycles. The molecule has 4 heteroatoms. The molecule has 0 bridgehead atoms. The average molecular weight is 332 g/mol. The summed E-state index contributed by atoms with van der Waals surface area (Å²) < 4.78 is 0. The maximum absolute atomic E-state index is 12.0. The summed E-state index contributed by atoms with van der Waals surface area (Å²) in [6.07, 6.45) is 3.47. The number of hydrogen-bond donors (Lipinski definition) is 2. The maximum Gasteiger partial charge on any atom is 0.222 e. The van der Waals surface area contributed by atoms with Crippen LogP contribution in [0.3, 0.4) is 0 Å². The number of aliphatic hydroxyl groups is 1. The molecule has 0 spiro atoms. The molecule has 1 fully saturated rings. The van der Waals surface area contributed by atoms with Crippen molar-refractivity contribution in [3.8, 4) is 0 Å². The van der Waals surface area contributed by atoms with Gasteiger partial charge in [-0.25, -0.2) is 0 Å². The van der Waals surface area contributed by atoms with Crippen molar-refractivity contribution in [2.45, 2.75) is 71.7 Å². The van der Waals surface area contributed by atoms with Gasteiger partial charge in [0.2, 0.25) is 5.91 Å². The van der Waals surface area contributed by atoms with Crippen molar-refractivity contribution in [1.82, 2.24) is 10.2 Å². The first-order valence-corrected chi connectivity index (χ1v) is 9.23. The summed E-state index contributed by atoms with van der Waals surface area (Å²) in [5.74, 6) is 0.0148. The standard InChI is InChI=1S/C20H32N2O2/c1-15(2)19(23)12-20(24)21-13-17-9-4-5-10-18(17)14-22-11-7-6-8-16(22)3/h4-5,9-10,15-16,19,23H,6-8,11-14H2,1-3H3,(H,21,24). The van der Waals surface area contributed by atoms with Crippen LogP contribution in [-0.2, 0) is 17.9 Å². The van der Waals surface area contributed by atoms with Crippen LogP contribution in [0.4, 0.5) is 0 Å². The smallest absolute Gasteiger partial charge is 0.222 e. The molecule has 0 aliphatic carbocycles. The van der Waals surface area contributed by atoms with Crippen molar-refractivity contribution >= 4 is 5.91 Å². The minimum atomic E-state index is -0.575. The third kappa shape index (κ3) is 5.60. The Morgan fingerprint density at radius 2 is 2.00 bits per heavy atom. The van der Waals surface area contributed by atoms with E-state index < -0.39 is 6.10 Å². The molecule has 24 heavy (non-hydrogen) atoms. The number of nitrogens with one attached hydrogen (secondary N) is 1. The molecule has 134 valence electrons. The molecule has 1 aromatic carbocycles. The average Bonchev–Trinajstić information content (AvgIpc) is 2.56. The summed E-state index contributed by atoms with van der Waals surface area (Å²) in [4.78, 5) is 14.5. The lowest BCUT2D eigenvalue weighted by Crippen LogP contribution is -2.37. The number of likely N-dealkylation sites (tertiary alicyclic amines) is 1. The molecule has 0 aromatic heterocycles. The minimum absolute atomic E-state index is 0.0858. The molecular formula is C20H32N2O2. The van der Waals surface area contributed by atoms with Crippen LogP contribution in [0.2, 0.25) is 0 Å². The molecule has 1 amide bonds. The fraction of sp³-hybridized carbons (Fsp3) is 0.650. The summed E-state index contributed by atoms with van der Waals surface area (Å²) in [7, 11) is 0. The zero-order valence-corrected chi connectivity index (χ0v) is 15.3. The molecule has 1 heterocycles. The van der Waals surface area contributed by atoms with Gasteiger partial charge in [0.05, 0.1) is 12.5 Å². The Bertz CT molecular complexity index is 530. The summed E-state index contributed by atoms with van der Waals surface area (Å²) in [5, 5.41) is 12.8. The number of carbonyl (C=O) groups is 1. The number of aliphatic hydroxyl groups excluding tert-OH is 1. The van der Waals surface area contributed by atoms with E-state index in [0.29, 0.717) is 12.6 Å². The van der Waals surface area contributed by atoms with Gasteiger partial charge in [0.1, 0.15) is 0 Å². The van der Waals surface area contributed by atoms with Gasteiger partial charge >= 0.3 is 0 Å². The number of piperidine rings is 1. The second-order valence-corrected chi connectivity index (χ2v) is 7.38. The predicted molar refractivity (Wildman–Crippen MR) is 97.5 cm³/mol. The van der Waals surface area contributed by atoms with Crippen molar-refractivity contribution < 1.29 is 9.90 Å². The molecule has 2 N–H and O–H groups in total. The van der Waals surface area contributed by atoms with Crippen LogP contribution in [-0.4, -0.2) is 34.6 Å². The molecule has 2 unspecified atom stereocenters. The van der Waals surface area contributed by atoms with Crippen LogP contribution in [0.5, 0.6) is 0 Å². The molecule has 1 aliphatic heterocycles. The van der Waals surface area contributed by atoms with Crippen LogP contribution >= 0.6 is 0 Å². The fourth-order valence-corrected chi connectivity index (χ4v) is 3.19. The largest absolute Gasteiger partial charge is 0.392 e. The van der Waals surface area contributed by atoms with E-state index in [0.717, 1.165) is 13.1 Å². The lowest BCUT2D eigenvalue weighted by molar-refractivity contribution is -0.123. The highest BCUT2D eigenvalue weighted by molar-refractivity contribution is 5.76. The van der Waals surface area contributed by atoms with Gasteiger partial charge in [-0.1, -0.05) is 44.5 Å². The van der Waals surface area contributed by atoms with Crippen LogP contribution in [0.15, 0.2) is 24.3 Å². The molecule has 0 radical (unpaired) electrons. The highest BCUT2D eigenvalue weighted by Crippen LogP contribution is 2.20. The third-order valence-corrected chi connectivity index (χ3v) is 5.07. The summed E-state index contributed by atoms with van der Waals surface area (Å²) in [6.45, 7) is 8.78. The van der Waals surface area contributed by atoms with Crippen LogP contribution in [0.1, 0.15) is 57.6 Å². The summed E-state index contributed by atoms with van der Waals surface area (Å²) in [6, 6.07) is 8.96. The number of nitrogens with zero attached hydrogens (tertiary/aromatic N) is 1. The number of rotatable bonds is 7. The third-order valence-electron chi connectivity index (χ3n) is 5.07. The van der Waals surface area contributed by atoms with Gasteiger partial charge in [-0.05, 0) is 43.4 Å². The number of amides is 1. The predicted octanol–water partition coefficient (Wildman–Crippen LogP) is 3.08. The minimum Gasteiger partial charge on any atom is -0.392 e. The Hall–Kier alpha value is -1.39. The zero-order valence-electron chi connectivity index (χ0n) is 15.3. The SMILES string of the molecule is CC(C)C(O)CC(=O)NCc1ccccc1CN1CCCCC1C. The van der Waals surface area contributed by atoms with E-state index in [1.165, 1.54) is 30.4 Å². The van der Waals surface area contributed by atoms with E-state index in [-0.39, 0.29) is 18.2 Å². The summed E-state index contributed by atoms with van der Waals surface area (Å²) >= 11 is 0. The summed E-state index contributed by atoms with van der Waals surface area (Å²) in [5.41, 5.74) is 2.46. The van der Waals surface area contributed by atoms with Gasteiger partial charge in [0, 0.05) is 19.1 Å². The Kier molecular flexibility index (Phi) is 7.25. The normalized spacial score (nSPS) is 20.1. The van der Waals surface area contributed by atoms with Gasteiger partial charge < -0.3 is 10.4 Å². The van der Waals surface area contributed by atoms with Crippen molar-refractivity contribution in [2.24, 2.45) is 5.92 Å². The Morgan fingerprint density at radius 1 is 1.29 bits per heavy atom. The highest BCUT2D eigenvalue weighted by Gasteiger charge is 2.19. The van der Waals surface area contributed by atoms with Gasteiger partial charge in [-0.2, -0.15) is 0 Å². The van der Waals surface area contributed by atoms with E-state index in [9.17, 15) is 9.90 Å². The van der Waals surface area contributed by atoms with Gasteiger partial charge in [-0.3, -0.25) is 9.69 Å². The molecule has 1 aliphatic rings. The van der Waals surface area contributed by atoms with Gasteiger partial charge in [0.25, 0.3) is 0 Å². The maximum atomic E-state index is 12.0. The monoisotopic (exact) mass is 332 g/mol. The fourth-order valence-electron chi connectivity index (χ4n) is 3.19. The van der Waals surface area contributed by atoms with Crippen LogP contribution in [0.25, 0.3) is 0 Å². The number of benzene rings is 1. The van der Waals surface area contributed by atoms with Crippen molar-refractivity contribution in [3.05, 3.63) is 35.4 Å². The quantitative estimate of drug-likeness (QED) is 0.807. The first kappa shape index (κ1) is 18.9. The van der Waals surface area contributed by atoms with Crippen LogP contribution < -0.4 is 5.32 Å². The Morgan fingerprint density at radius 3 is 2.67 bits per heavy atom. The van der Waals surface area contributed by atoms with Crippen molar-refractivity contribution in [1.29, 1.82) is 0 Å². The van der Waals surface area contributed by atoms with E-state index >= 15 is 0 Å². The van der Waals surface area contributed by atoms with E-state index in [1.807, 2.05) is 19.9 Å². The molecule has 2 atom stereocenters. The Balaban J connectivity index is 1.92. The molecule has 1 aromatic rings. The number of hydrogen-bond acceptors (Lipinski definition) is 3. The zero-order chi connectivity index (χ0) is 17.5. The van der Waals surface area contributed by atoms with Gasteiger partial charge in [-0.15, -0.1) is 0 Å². The van der Waals surface area contributed by atoms with Crippen molar-refractivity contribution in [3.63, 3.8) is 0 Å². The van der Waals surface area contributed by atoms with E-state index in [4.69, 9.17) is 0 Å². The topological polar surface area (TPSA) is 52.6 Å². The van der Waals surface area contributed by atoms with E-state index in [1.54, 1.807) is 0 Å². The molecule has 2 rings (SSSR count). The lowest BCUT2D eigenvalue weighted by Gasteiger charge is -2.33. The van der Waals surface area contributed by atoms with Crippen molar-refractivity contribution in [2.75, 3.05) is 6.54 Å². The second-order valence-electron chi connectivity index (χ2n) is 7.38. The Labute approximate surface area is 146 Å². The van der Waals surface area contributed by atoms with Crippen LogP contribution in [0, 0.1) is 5.92 Å². The molecule has 0 saturated carbocycles. The highest BCUT2D eigenvalue weighted by atomic mass is 16.3. The second kappa shape index (κ2) is 9.19. The molecular weight excluding hydrogens is 300 g/mol. The molecule has 4 nitrogen and oxygen atoms in total. The van der Waals surface area contributed by atoms with E-state index in [2.05, 4.69) is 35.3 Å². The first-order chi connectivity index (χ1) is 11.5. The first-order valence-electron chi connectivity index (χ1n) is 9.23. The number of carbonyl (C=O) groups excluding carboxylic acids is 1. The lowest BCUT2D eigenvalue weighted by atomic mass is 10.0. The van der Waals surface area contributed by atoms with Gasteiger partial charge in [0.15, 0.2) is 0 Å².